The maximum Gasteiger partial charge on any atom is 0.159 e. The normalized spacial score (nSPS) is 21.0. The van der Waals surface area contributed by atoms with Gasteiger partial charge in [0, 0.05) is 26.2 Å². The molecule has 1 radical (unpaired) electrons. The van der Waals surface area contributed by atoms with Crippen LogP contribution in [0.4, 0.5) is 0 Å². The van der Waals surface area contributed by atoms with Crippen LogP contribution in [0.5, 0.6) is 0 Å². The fourth-order valence-corrected chi connectivity index (χ4v) is 1.35. The Morgan fingerprint density at radius 3 is 2.69 bits per heavy atom. The lowest BCUT2D eigenvalue weighted by molar-refractivity contribution is -0.123. The van der Waals surface area contributed by atoms with Crippen LogP contribution in [0.2, 0.25) is 0 Å². The van der Waals surface area contributed by atoms with E-state index in [1.807, 2.05) is 0 Å². The molecule has 0 bridgehead atoms. The Kier molecular flexibility index (Phi) is 4.08. The summed E-state index contributed by atoms with van der Waals surface area (Å²) in [6.07, 6.45) is 0.365. The first kappa shape index (κ1) is 10.4. The van der Waals surface area contributed by atoms with Crippen molar-refractivity contribution in [3.8, 4) is 0 Å². The van der Waals surface area contributed by atoms with Crippen molar-refractivity contribution >= 4 is 5.78 Å². The molecule has 4 heteroatoms. The van der Waals surface area contributed by atoms with Crippen molar-refractivity contribution in [2.75, 3.05) is 26.2 Å². The summed E-state index contributed by atoms with van der Waals surface area (Å²) in [5.41, 5.74) is 0. The van der Waals surface area contributed by atoms with E-state index in [2.05, 4.69) is 11.9 Å². The van der Waals surface area contributed by atoms with Gasteiger partial charge in [-0.3, -0.25) is 9.69 Å². The molecular formula is C9H15N2O2. The molecule has 0 saturated carbocycles. The molecule has 0 aliphatic carbocycles. The summed E-state index contributed by atoms with van der Waals surface area (Å²) < 4.78 is 0. The van der Waals surface area contributed by atoms with Gasteiger partial charge < -0.3 is 5.32 Å². The average Bonchev–Trinajstić information content (AvgIpc) is 2.19. The Morgan fingerprint density at radius 2 is 2.15 bits per heavy atom. The minimum atomic E-state index is -0.896. The third kappa shape index (κ3) is 3.26. The molecule has 1 N–H and O–H groups in total. The van der Waals surface area contributed by atoms with Crippen LogP contribution >= 0.6 is 0 Å². The monoisotopic (exact) mass is 183 g/mol. The Labute approximate surface area is 78.2 Å². The van der Waals surface area contributed by atoms with Crippen molar-refractivity contribution in [1.29, 1.82) is 0 Å². The predicted octanol–water partition coefficient (Wildman–Crippen LogP) is -0.207. The highest BCUT2D eigenvalue weighted by atomic mass is 16.3. The summed E-state index contributed by atoms with van der Waals surface area (Å²) >= 11 is 0. The van der Waals surface area contributed by atoms with Crippen molar-refractivity contribution < 1.29 is 9.90 Å². The van der Waals surface area contributed by atoms with Gasteiger partial charge in [-0.15, -0.1) is 0 Å². The molecule has 1 atom stereocenters. The molecular weight excluding hydrogens is 168 g/mol. The molecule has 73 valence electrons. The van der Waals surface area contributed by atoms with Gasteiger partial charge in [0.2, 0.25) is 0 Å². The quantitative estimate of drug-likeness (QED) is 0.614. The Hall–Kier alpha value is -0.710. The molecule has 4 nitrogen and oxygen atoms in total. The lowest BCUT2D eigenvalue weighted by Crippen LogP contribution is -2.48. The van der Waals surface area contributed by atoms with Crippen LogP contribution in [0.3, 0.4) is 0 Å². The van der Waals surface area contributed by atoms with Gasteiger partial charge >= 0.3 is 0 Å². The van der Waals surface area contributed by atoms with Crippen LogP contribution in [0.1, 0.15) is 6.42 Å². The number of ketones is 1. The number of carbonyl (C=O) groups is 1. The molecule has 1 fully saturated rings. The Morgan fingerprint density at radius 1 is 1.54 bits per heavy atom. The minimum Gasteiger partial charge on any atom is -0.314 e. The average molecular weight is 183 g/mol. The smallest absolute Gasteiger partial charge is 0.159 e. The van der Waals surface area contributed by atoms with E-state index >= 15 is 0 Å². The zero-order valence-electron chi connectivity index (χ0n) is 7.66. The van der Waals surface area contributed by atoms with Crippen LogP contribution in [0, 0.1) is 0 Å². The van der Waals surface area contributed by atoms with Crippen LogP contribution in [0.25, 0.3) is 0 Å². The molecule has 1 aliphatic heterocycles. The number of carbonyl (C=O) groups excluding carboxylic acids is 1. The van der Waals surface area contributed by atoms with E-state index in [4.69, 9.17) is 0 Å². The maximum atomic E-state index is 11.5. The standard InChI is InChI=1S/C9H15N2O2/c1-2-8(12)7-9(13)11-5-3-10-4-6-11/h2,9-10H,1,3-7H2. The van der Waals surface area contributed by atoms with Gasteiger partial charge in [0.05, 0.1) is 6.42 Å². The molecule has 0 aromatic carbocycles. The largest absolute Gasteiger partial charge is 0.314 e. The lowest BCUT2D eigenvalue weighted by Gasteiger charge is -2.29. The van der Waals surface area contributed by atoms with Gasteiger partial charge in [0.15, 0.2) is 12.0 Å². The molecule has 1 aliphatic rings. The summed E-state index contributed by atoms with van der Waals surface area (Å²) in [6.45, 7) is 6.48. The number of allylic oxidation sites excluding steroid dienone is 1. The van der Waals surface area contributed by atoms with E-state index in [1.165, 1.54) is 6.08 Å². The minimum absolute atomic E-state index is 0.0451. The second-order valence-corrected chi connectivity index (χ2v) is 3.12. The highest BCUT2D eigenvalue weighted by Gasteiger charge is 2.20. The predicted molar refractivity (Wildman–Crippen MR) is 48.7 cm³/mol. The van der Waals surface area contributed by atoms with E-state index in [0.29, 0.717) is 0 Å². The molecule has 0 aromatic heterocycles. The highest BCUT2D eigenvalue weighted by molar-refractivity contribution is 5.89. The van der Waals surface area contributed by atoms with Crippen molar-refractivity contribution in [2.24, 2.45) is 0 Å². The first-order chi connectivity index (χ1) is 6.24. The van der Waals surface area contributed by atoms with Crippen LogP contribution in [0.15, 0.2) is 12.7 Å². The molecule has 0 amide bonds. The summed E-state index contributed by atoms with van der Waals surface area (Å²) in [4.78, 5) is 12.7. The zero-order chi connectivity index (χ0) is 9.68. The van der Waals surface area contributed by atoms with E-state index in [9.17, 15) is 9.90 Å². The molecule has 0 aromatic rings. The molecule has 1 saturated heterocycles. The number of nitrogens with one attached hydrogen (secondary N) is 1. The maximum absolute atomic E-state index is 11.5. The van der Waals surface area contributed by atoms with Gasteiger partial charge in [-0.2, -0.15) is 0 Å². The summed E-state index contributed by atoms with van der Waals surface area (Å²) in [6, 6.07) is 0. The van der Waals surface area contributed by atoms with Crippen molar-refractivity contribution in [3.63, 3.8) is 0 Å². The van der Waals surface area contributed by atoms with E-state index in [1.54, 1.807) is 4.90 Å². The van der Waals surface area contributed by atoms with Gasteiger partial charge in [0.1, 0.15) is 0 Å². The van der Waals surface area contributed by atoms with Crippen molar-refractivity contribution in [2.45, 2.75) is 12.6 Å². The number of piperazine rings is 1. The van der Waals surface area contributed by atoms with Gasteiger partial charge in [0.25, 0.3) is 0 Å². The third-order valence-electron chi connectivity index (χ3n) is 2.16. The summed E-state index contributed by atoms with van der Waals surface area (Å²) in [5, 5.41) is 14.6. The van der Waals surface area contributed by atoms with Crippen LogP contribution < -0.4 is 5.32 Å². The lowest BCUT2D eigenvalue weighted by atomic mass is 10.2. The van der Waals surface area contributed by atoms with Gasteiger partial charge in [-0.25, -0.2) is 5.11 Å². The van der Waals surface area contributed by atoms with Crippen LogP contribution in [-0.2, 0) is 9.90 Å². The number of hydrogen-bond acceptors (Lipinski definition) is 3. The molecule has 1 heterocycles. The third-order valence-corrected chi connectivity index (χ3v) is 2.16. The summed E-state index contributed by atoms with van der Waals surface area (Å²) in [7, 11) is 0. The number of nitrogens with zero attached hydrogens (tertiary/aromatic N) is 1. The fourth-order valence-electron chi connectivity index (χ4n) is 1.35. The van der Waals surface area contributed by atoms with Gasteiger partial charge in [-0.05, 0) is 6.08 Å². The first-order valence-corrected chi connectivity index (χ1v) is 4.50. The molecule has 13 heavy (non-hydrogen) atoms. The molecule has 0 spiro atoms. The summed E-state index contributed by atoms with van der Waals surface area (Å²) in [5.74, 6) is -0.168. The Balaban J connectivity index is 2.32. The molecule has 1 rings (SSSR count). The zero-order valence-corrected chi connectivity index (χ0v) is 7.66. The second kappa shape index (κ2) is 5.11. The van der Waals surface area contributed by atoms with Crippen molar-refractivity contribution in [1.82, 2.24) is 10.2 Å². The van der Waals surface area contributed by atoms with E-state index < -0.39 is 6.23 Å². The number of rotatable bonds is 4. The topological polar surface area (TPSA) is 52.2 Å². The fraction of sp³-hybridized carbons (Fsp3) is 0.667. The molecule has 1 unspecified atom stereocenters. The first-order valence-electron chi connectivity index (χ1n) is 4.50. The van der Waals surface area contributed by atoms with Crippen LogP contribution in [-0.4, -0.2) is 43.1 Å². The highest BCUT2D eigenvalue weighted by Crippen LogP contribution is 2.04. The second-order valence-electron chi connectivity index (χ2n) is 3.12. The SMILES string of the molecule is C=CC(=O)CC([O])N1CCNCC1. The number of hydrogen-bond donors (Lipinski definition) is 1. The van der Waals surface area contributed by atoms with Gasteiger partial charge in [-0.1, -0.05) is 6.58 Å². The van der Waals surface area contributed by atoms with E-state index in [-0.39, 0.29) is 12.2 Å². The van der Waals surface area contributed by atoms with Crippen molar-refractivity contribution in [3.05, 3.63) is 12.7 Å². The van der Waals surface area contributed by atoms with E-state index in [0.717, 1.165) is 26.2 Å². The Bertz CT molecular complexity index is 188.